The van der Waals surface area contributed by atoms with Crippen molar-refractivity contribution in [3.05, 3.63) is 0 Å². The van der Waals surface area contributed by atoms with E-state index >= 15 is 0 Å². The van der Waals surface area contributed by atoms with Gasteiger partial charge in [-0.1, -0.05) is 0 Å². The van der Waals surface area contributed by atoms with Crippen LogP contribution in [0.5, 0.6) is 0 Å². The molecule has 1 atom stereocenters. The predicted octanol–water partition coefficient (Wildman–Crippen LogP) is -0.330. The van der Waals surface area contributed by atoms with Gasteiger partial charge in [-0.05, 0) is 0 Å². The van der Waals surface area contributed by atoms with E-state index in [0.29, 0.717) is 0 Å². The Morgan fingerprint density at radius 2 is 1.00 bits per heavy atom. The summed E-state index contributed by atoms with van der Waals surface area (Å²) < 4.78 is 0. The maximum atomic E-state index is 0. The zero-order valence-corrected chi connectivity index (χ0v) is 9.03. The van der Waals surface area contributed by atoms with Crippen LogP contribution in [0.2, 0.25) is 0 Å². The maximum absolute atomic E-state index is 0. The molecule has 0 aromatic heterocycles. The average molecular weight is 339 g/mol. The molecular formula is H3BCrNiPW. The smallest absolute Gasteiger partial charge is 0 e. The van der Waals surface area contributed by atoms with Crippen LogP contribution in [-0.4, -0.2) is 8.41 Å². The van der Waals surface area contributed by atoms with Gasteiger partial charge in [-0.25, -0.2) is 0 Å². The Bertz CT molecular complexity index is 11.6. The van der Waals surface area contributed by atoms with Gasteiger partial charge in [-0.3, -0.25) is 0 Å². The molecule has 0 nitrogen and oxygen atoms in total. The second-order valence-electron chi connectivity index (χ2n) is 0. The molecule has 0 aliphatic carbocycles. The van der Waals surface area contributed by atoms with Crippen molar-refractivity contribution in [2.24, 2.45) is 0 Å². The normalized spacial score (nSPS) is 0. The number of rotatable bonds is 0. The van der Waals surface area contributed by atoms with E-state index in [2.05, 4.69) is 0 Å². The van der Waals surface area contributed by atoms with Crippen LogP contribution in [-0.2, 0) is 54.9 Å². The SMILES string of the molecule is P.[B].[Cr].[Ni].[W]. The fourth-order valence-corrected chi connectivity index (χ4v) is 0. The van der Waals surface area contributed by atoms with Gasteiger partial charge in [0.05, 0.1) is 0 Å². The van der Waals surface area contributed by atoms with E-state index in [0.717, 1.165) is 0 Å². The van der Waals surface area contributed by atoms with E-state index < -0.39 is 0 Å². The van der Waals surface area contributed by atoms with Gasteiger partial charge in [-0.15, -0.1) is 0 Å². The molecule has 1 unspecified atom stereocenters. The summed E-state index contributed by atoms with van der Waals surface area (Å²) in [6, 6.07) is 0. The van der Waals surface area contributed by atoms with E-state index in [1.165, 1.54) is 0 Å². The van der Waals surface area contributed by atoms with Gasteiger partial charge in [0.25, 0.3) is 0 Å². The van der Waals surface area contributed by atoms with Crippen molar-refractivity contribution in [1.29, 1.82) is 0 Å². The summed E-state index contributed by atoms with van der Waals surface area (Å²) in [6.07, 6.45) is 0. The Balaban J connectivity index is 0. The molecule has 0 heterocycles. The molecule has 0 aromatic carbocycles. The van der Waals surface area contributed by atoms with E-state index in [4.69, 9.17) is 0 Å². The average Bonchev–Trinajstić information content (AvgIpc) is 0. The molecule has 0 aromatic rings. The molecule has 0 bridgehead atoms. The summed E-state index contributed by atoms with van der Waals surface area (Å²) in [5, 5.41) is 0. The molecule has 3 radical (unpaired) electrons. The van der Waals surface area contributed by atoms with Gasteiger partial charge in [0.1, 0.15) is 0 Å². The van der Waals surface area contributed by atoms with E-state index in [1.54, 1.807) is 0 Å². The Morgan fingerprint density at radius 1 is 1.00 bits per heavy atom. The zero-order valence-electron chi connectivity index (χ0n) is 2.42. The molecule has 0 rings (SSSR count). The maximum Gasteiger partial charge on any atom is 0 e. The van der Waals surface area contributed by atoms with E-state index in [9.17, 15) is 0 Å². The van der Waals surface area contributed by atoms with Crippen LogP contribution >= 0.6 is 9.90 Å². The van der Waals surface area contributed by atoms with Crippen LogP contribution in [0.15, 0.2) is 0 Å². The minimum Gasteiger partial charge on any atom is -0.153 e. The van der Waals surface area contributed by atoms with Crippen molar-refractivity contribution in [2.75, 3.05) is 0 Å². The van der Waals surface area contributed by atoms with Gasteiger partial charge in [0, 0.05) is 63.3 Å². The largest absolute Gasteiger partial charge is 0.153 e. The van der Waals surface area contributed by atoms with Gasteiger partial charge in [0.2, 0.25) is 0 Å². The van der Waals surface area contributed by atoms with Crippen LogP contribution in [0.25, 0.3) is 0 Å². The summed E-state index contributed by atoms with van der Waals surface area (Å²) in [6.45, 7) is 0. The quantitative estimate of drug-likeness (QED) is 0.419. The van der Waals surface area contributed by atoms with Crippen molar-refractivity contribution in [1.82, 2.24) is 0 Å². The first-order valence-corrected chi connectivity index (χ1v) is 0. The third-order valence-corrected chi connectivity index (χ3v) is 0. The molecule has 0 aliphatic heterocycles. The van der Waals surface area contributed by atoms with Gasteiger partial charge >= 0.3 is 0 Å². The Hall–Kier alpha value is 2.21. The Kier molecular flexibility index (Phi) is 393. The van der Waals surface area contributed by atoms with Crippen molar-refractivity contribution in [2.45, 2.75) is 0 Å². The van der Waals surface area contributed by atoms with Crippen LogP contribution in [0.4, 0.5) is 0 Å². The molecule has 0 spiro atoms. The first kappa shape index (κ1) is 56.9. The third-order valence-electron chi connectivity index (χ3n) is 0. The van der Waals surface area contributed by atoms with Gasteiger partial charge in [-0.2, -0.15) is 9.90 Å². The fourth-order valence-electron chi connectivity index (χ4n) is 0. The van der Waals surface area contributed by atoms with Crippen LogP contribution in [0.3, 0.4) is 0 Å². The van der Waals surface area contributed by atoms with Gasteiger partial charge in [0.15, 0.2) is 0 Å². The molecule has 5 heavy (non-hydrogen) atoms. The van der Waals surface area contributed by atoms with Crippen molar-refractivity contribution >= 4 is 18.3 Å². The van der Waals surface area contributed by atoms with E-state index in [1.807, 2.05) is 0 Å². The number of hydrogen-bond acceptors (Lipinski definition) is 0. The van der Waals surface area contributed by atoms with Crippen molar-refractivity contribution in [3.8, 4) is 0 Å². The first-order valence-electron chi connectivity index (χ1n) is 0. The van der Waals surface area contributed by atoms with Crippen molar-refractivity contribution in [3.63, 3.8) is 0 Å². The second-order valence-corrected chi connectivity index (χ2v) is 0. The van der Waals surface area contributed by atoms with Crippen LogP contribution < -0.4 is 0 Å². The predicted molar refractivity (Wildman–Crippen MR) is 16.9 cm³/mol. The zero-order chi connectivity index (χ0) is 0. The van der Waals surface area contributed by atoms with Crippen LogP contribution in [0, 0.1) is 0 Å². The molecular weight excluding hydrogens is 336 g/mol. The van der Waals surface area contributed by atoms with Crippen molar-refractivity contribution < 1.29 is 54.9 Å². The van der Waals surface area contributed by atoms with Gasteiger partial charge < -0.3 is 0 Å². The molecule has 0 amide bonds. The standard InChI is InChI=1S/B.Cr.Ni.H3P.W/h;;;1H3;. The molecule has 33 valence electrons. The molecule has 0 saturated carbocycles. The molecule has 0 N–H and O–H groups in total. The molecule has 0 aliphatic rings. The third kappa shape index (κ3) is 22.5. The summed E-state index contributed by atoms with van der Waals surface area (Å²) in [7, 11) is 0. The Labute approximate surface area is 72.7 Å². The number of hydrogen-bond donors (Lipinski definition) is 0. The molecule has 0 saturated heterocycles. The monoisotopic (exact) mass is 339 g/mol. The minimum absolute atomic E-state index is 0. The second kappa shape index (κ2) is 34.5. The summed E-state index contributed by atoms with van der Waals surface area (Å²) in [5.41, 5.74) is 0. The first-order chi connectivity index (χ1) is 0. The van der Waals surface area contributed by atoms with Crippen LogP contribution in [0.1, 0.15) is 0 Å². The molecule has 0 fully saturated rings. The molecule has 5 heteroatoms. The summed E-state index contributed by atoms with van der Waals surface area (Å²) >= 11 is 0. The topological polar surface area (TPSA) is 0 Å². The summed E-state index contributed by atoms with van der Waals surface area (Å²) in [4.78, 5) is 0. The Morgan fingerprint density at radius 3 is 1.00 bits per heavy atom. The summed E-state index contributed by atoms with van der Waals surface area (Å²) in [5.74, 6) is 0. The fraction of sp³-hybridized carbons (Fsp3) is 0. The van der Waals surface area contributed by atoms with E-state index in [-0.39, 0.29) is 73.2 Å². The minimum atomic E-state index is 0.